The molecular formula is C18H19N3O2. The number of carbonyl (C=O) groups is 1. The molecule has 1 aliphatic carbocycles. The minimum absolute atomic E-state index is 0.297. The van der Waals surface area contributed by atoms with Gasteiger partial charge in [-0.1, -0.05) is 30.3 Å². The number of nitrogens with zero attached hydrogens (tertiary/aromatic N) is 3. The molecule has 0 unspecified atom stereocenters. The van der Waals surface area contributed by atoms with Crippen LogP contribution in [0.3, 0.4) is 0 Å². The number of anilines is 1. The zero-order chi connectivity index (χ0) is 15.8. The van der Waals surface area contributed by atoms with E-state index < -0.39 is 5.97 Å². The molecule has 0 spiro atoms. The van der Waals surface area contributed by atoms with Gasteiger partial charge in [-0.3, -0.25) is 4.79 Å². The van der Waals surface area contributed by atoms with E-state index in [0.29, 0.717) is 18.9 Å². The molecule has 1 atom stereocenters. The predicted molar refractivity (Wildman–Crippen MR) is 87.4 cm³/mol. The second kappa shape index (κ2) is 5.65. The lowest BCUT2D eigenvalue weighted by Gasteiger charge is -2.18. The van der Waals surface area contributed by atoms with Gasteiger partial charge in [0.1, 0.15) is 11.6 Å². The maximum atomic E-state index is 11.2. The monoisotopic (exact) mass is 309 g/mol. The first-order chi connectivity index (χ1) is 11.2. The second-order valence-corrected chi connectivity index (χ2v) is 6.38. The normalized spacial score (nSPS) is 20.7. The van der Waals surface area contributed by atoms with E-state index in [1.165, 1.54) is 0 Å². The van der Waals surface area contributed by atoms with Crippen LogP contribution in [0.4, 0.5) is 5.82 Å². The number of carboxylic acid groups (broad SMARTS) is 1. The number of carboxylic acids is 1. The van der Waals surface area contributed by atoms with E-state index >= 15 is 0 Å². The molecule has 0 radical (unpaired) electrons. The van der Waals surface area contributed by atoms with Crippen molar-refractivity contribution in [1.29, 1.82) is 0 Å². The van der Waals surface area contributed by atoms with Crippen LogP contribution >= 0.6 is 0 Å². The smallest absolute Gasteiger partial charge is 0.308 e. The van der Waals surface area contributed by atoms with Crippen LogP contribution in [0, 0.1) is 5.92 Å². The van der Waals surface area contributed by atoms with E-state index in [0.717, 1.165) is 42.3 Å². The molecule has 1 saturated carbocycles. The third kappa shape index (κ3) is 2.91. The molecule has 23 heavy (non-hydrogen) atoms. The summed E-state index contributed by atoms with van der Waals surface area (Å²) in [5, 5.41) is 9.20. The summed E-state index contributed by atoms with van der Waals surface area (Å²) in [7, 11) is 0. The SMILES string of the molecule is O=C(O)[C@@H]1CCN(c2cc(-c3ccccc3)nc(C3CC3)n2)C1. The molecule has 2 aromatic rings. The fourth-order valence-electron chi connectivity index (χ4n) is 3.07. The fraction of sp³-hybridized carbons (Fsp3) is 0.389. The highest BCUT2D eigenvalue weighted by atomic mass is 16.4. The van der Waals surface area contributed by atoms with E-state index in [1.807, 2.05) is 36.4 Å². The van der Waals surface area contributed by atoms with Gasteiger partial charge in [0, 0.05) is 30.6 Å². The van der Waals surface area contributed by atoms with E-state index in [-0.39, 0.29) is 5.92 Å². The van der Waals surface area contributed by atoms with Gasteiger partial charge >= 0.3 is 5.97 Å². The van der Waals surface area contributed by atoms with Crippen LogP contribution in [0.15, 0.2) is 36.4 Å². The highest BCUT2D eigenvalue weighted by Gasteiger charge is 2.31. The van der Waals surface area contributed by atoms with Gasteiger partial charge in [-0.25, -0.2) is 9.97 Å². The largest absolute Gasteiger partial charge is 0.481 e. The number of rotatable bonds is 4. The van der Waals surface area contributed by atoms with Gasteiger partial charge in [-0.15, -0.1) is 0 Å². The maximum absolute atomic E-state index is 11.2. The van der Waals surface area contributed by atoms with Gasteiger partial charge in [0.2, 0.25) is 0 Å². The highest BCUT2D eigenvalue weighted by Crippen LogP contribution is 2.40. The first-order valence-electron chi connectivity index (χ1n) is 8.13. The van der Waals surface area contributed by atoms with Crippen molar-refractivity contribution in [2.45, 2.75) is 25.2 Å². The third-order valence-corrected chi connectivity index (χ3v) is 4.60. The molecule has 5 nitrogen and oxygen atoms in total. The van der Waals surface area contributed by atoms with Crippen LogP contribution in [-0.4, -0.2) is 34.1 Å². The van der Waals surface area contributed by atoms with Gasteiger partial charge in [0.05, 0.1) is 11.6 Å². The zero-order valence-electron chi connectivity index (χ0n) is 12.9. The molecule has 1 aromatic heterocycles. The minimum atomic E-state index is -0.716. The Bertz CT molecular complexity index is 728. The standard InChI is InChI=1S/C18H19N3O2/c22-18(23)14-8-9-21(11-14)16-10-15(12-4-2-1-3-5-12)19-17(20-16)13-6-7-13/h1-5,10,13-14H,6-9,11H2,(H,22,23)/t14-/m1/s1. The Morgan fingerprint density at radius 2 is 1.91 bits per heavy atom. The molecule has 4 rings (SSSR count). The van der Waals surface area contributed by atoms with Crippen LogP contribution in [0.5, 0.6) is 0 Å². The van der Waals surface area contributed by atoms with Crippen molar-refractivity contribution in [2.24, 2.45) is 5.92 Å². The average Bonchev–Trinajstić information content (AvgIpc) is 3.31. The minimum Gasteiger partial charge on any atom is -0.481 e. The Kier molecular flexibility index (Phi) is 3.48. The summed E-state index contributed by atoms with van der Waals surface area (Å²) >= 11 is 0. The summed E-state index contributed by atoms with van der Waals surface area (Å²) in [4.78, 5) is 22.7. The van der Waals surface area contributed by atoms with Gasteiger partial charge in [-0.05, 0) is 19.3 Å². The van der Waals surface area contributed by atoms with E-state index in [2.05, 4.69) is 4.90 Å². The number of aliphatic carboxylic acids is 1. The highest BCUT2D eigenvalue weighted by molar-refractivity contribution is 5.72. The van der Waals surface area contributed by atoms with Crippen molar-refractivity contribution >= 4 is 11.8 Å². The molecule has 0 bridgehead atoms. The maximum Gasteiger partial charge on any atom is 0.308 e. The average molecular weight is 309 g/mol. The molecule has 5 heteroatoms. The summed E-state index contributed by atoms with van der Waals surface area (Å²) in [5.74, 6) is 1.22. The van der Waals surface area contributed by atoms with Crippen LogP contribution in [0.1, 0.15) is 31.0 Å². The Hall–Kier alpha value is -2.43. The Morgan fingerprint density at radius 3 is 2.57 bits per heavy atom. The second-order valence-electron chi connectivity index (χ2n) is 6.38. The predicted octanol–water partition coefficient (Wildman–Crippen LogP) is 2.93. The summed E-state index contributed by atoms with van der Waals surface area (Å²) in [6.45, 7) is 1.27. The molecule has 0 amide bonds. The van der Waals surface area contributed by atoms with E-state index in [9.17, 15) is 9.90 Å². The van der Waals surface area contributed by atoms with Crippen LogP contribution in [0.25, 0.3) is 11.3 Å². The van der Waals surface area contributed by atoms with Crippen molar-refractivity contribution in [1.82, 2.24) is 9.97 Å². The van der Waals surface area contributed by atoms with E-state index in [4.69, 9.17) is 9.97 Å². The zero-order valence-corrected chi connectivity index (χ0v) is 12.9. The number of hydrogen-bond acceptors (Lipinski definition) is 4. The summed E-state index contributed by atoms with van der Waals surface area (Å²) in [6, 6.07) is 12.1. The molecule has 2 fully saturated rings. The Labute approximate surface area is 135 Å². The molecular weight excluding hydrogens is 290 g/mol. The van der Waals surface area contributed by atoms with Gasteiger partial charge in [-0.2, -0.15) is 0 Å². The molecule has 2 aliphatic rings. The number of aromatic nitrogens is 2. The van der Waals surface area contributed by atoms with E-state index in [1.54, 1.807) is 0 Å². The lowest BCUT2D eigenvalue weighted by molar-refractivity contribution is -0.140. The van der Waals surface area contributed by atoms with Gasteiger partial charge in [0.25, 0.3) is 0 Å². The van der Waals surface area contributed by atoms with Crippen molar-refractivity contribution in [2.75, 3.05) is 18.0 Å². The Morgan fingerprint density at radius 1 is 1.13 bits per heavy atom. The molecule has 1 N–H and O–H groups in total. The third-order valence-electron chi connectivity index (χ3n) is 4.60. The summed E-state index contributed by atoms with van der Waals surface area (Å²) in [5.41, 5.74) is 2.00. The van der Waals surface area contributed by atoms with Crippen molar-refractivity contribution in [3.05, 3.63) is 42.2 Å². The van der Waals surface area contributed by atoms with Crippen molar-refractivity contribution in [3.63, 3.8) is 0 Å². The van der Waals surface area contributed by atoms with Crippen molar-refractivity contribution < 1.29 is 9.90 Å². The molecule has 1 aliphatic heterocycles. The van der Waals surface area contributed by atoms with Crippen molar-refractivity contribution in [3.8, 4) is 11.3 Å². The first-order valence-corrected chi connectivity index (χ1v) is 8.13. The molecule has 2 heterocycles. The van der Waals surface area contributed by atoms with Crippen LogP contribution in [-0.2, 0) is 4.79 Å². The quantitative estimate of drug-likeness (QED) is 0.940. The molecule has 1 aromatic carbocycles. The fourth-order valence-corrected chi connectivity index (χ4v) is 3.07. The molecule has 1 saturated heterocycles. The summed E-state index contributed by atoms with van der Waals surface area (Å²) in [6.07, 6.45) is 2.98. The lowest BCUT2D eigenvalue weighted by atomic mass is 10.1. The lowest BCUT2D eigenvalue weighted by Crippen LogP contribution is -2.24. The summed E-state index contributed by atoms with van der Waals surface area (Å²) < 4.78 is 0. The van der Waals surface area contributed by atoms with Gasteiger partial charge < -0.3 is 10.0 Å². The van der Waals surface area contributed by atoms with Crippen LogP contribution < -0.4 is 4.90 Å². The van der Waals surface area contributed by atoms with Crippen LogP contribution in [0.2, 0.25) is 0 Å². The first kappa shape index (κ1) is 14.2. The molecule has 118 valence electrons. The number of hydrogen-bond donors (Lipinski definition) is 1. The topological polar surface area (TPSA) is 66.3 Å². The number of benzene rings is 1. The Balaban J connectivity index is 1.69. The van der Waals surface area contributed by atoms with Gasteiger partial charge in [0.15, 0.2) is 0 Å².